The molecule has 1 fully saturated rings. The highest BCUT2D eigenvalue weighted by Gasteiger charge is 2.46. The van der Waals surface area contributed by atoms with Crippen LogP contribution in [0.25, 0.3) is 5.76 Å². The maximum Gasteiger partial charge on any atom is 0.295 e. The number of carbonyl (C=O) groups excluding carboxylic acids is 2. The number of phenolic OH excluding ortho intramolecular Hbond substituents is 1. The number of ketones is 1. The van der Waals surface area contributed by atoms with Crippen molar-refractivity contribution in [2.75, 3.05) is 6.54 Å². The van der Waals surface area contributed by atoms with Gasteiger partial charge in [-0.15, -0.1) is 0 Å². The van der Waals surface area contributed by atoms with Gasteiger partial charge in [0, 0.05) is 17.1 Å². The van der Waals surface area contributed by atoms with E-state index < -0.39 is 17.7 Å². The molecule has 0 bridgehead atoms. The smallest absolute Gasteiger partial charge is 0.295 e. The van der Waals surface area contributed by atoms with E-state index in [1.807, 2.05) is 12.1 Å². The average Bonchev–Trinajstić information content (AvgIpc) is 3.05. The first-order chi connectivity index (χ1) is 15.8. The van der Waals surface area contributed by atoms with E-state index in [2.05, 4.69) is 0 Å². The third-order valence-corrected chi connectivity index (χ3v) is 6.46. The molecule has 1 heterocycles. The summed E-state index contributed by atoms with van der Waals surface area (Å²) in [5, 5.41) is 22.2. The maximum atomic E-state index is 13.1. The molecule has 3 aromatic carbocycles. The standard InChI is InChI=1S/C25H18Cl3NO4/c26-17-7-4-14(5-8-17)10-11-29-22(15-2-1-3-18(30)12-15)21(24(32)25(29)33)23(31)16-6-9-19(27)20(28)13-16/h1-9,12-13,22,30-31H,10-11H2/b23-21-. The zero-order chi connectivity index (χ0) is 23.7. The fourth-order valence-corrected chi connectivity index (χ4v) is 4.28. The van der Waals surface area contributed by atoms with E-state index >= 15 is 0 Å². The van der Waals surface area contributed by atoms with Gasteiger partial charge in [-0.1, -0.05) is 59.1 Å². The Kier molecular flexibility index (Phi) is 6.66. The number of carbonyl (C=O) groups is 2. The van der Waals surface area contributed by atoms with Gasteiger partial charge in [0.05, 0.1) is 21.7 Å². The Hall–Kier alpha value is -2.99. The highest BCUT2D eigenvalue weighted by molar-refractivity contribution is 6.47. The number of amides is 1. The summed E-state index contributed by atoms with van der Waals surface area (Å²) in [7, 11) is 0. The summed E-state index contributed by atoms with van der Waals surface area (Å²) in [5.74, 6) is -1.94. The molecule has 168 valence electrons. The largest absolute Gasteiger partial charge is 0.508 e. The summed E-state index contributed by atoms with van der Waals surface area (Å²) < 4.78 is 0. The fraction of sp³-hybridized carbons (Fsp3) is 0.120. The van der Waals surface area contributed by atoms with Gasteiger partial charge in [0.2, 0.25) is 0 Å². The number of likely N-dealkylation sites (tertiary alicyclic amines) is 1. The zero-order valence-corrected chi connectivity index (χ0v) is 19.4. The van der Waals surface area contributed by atoms with Crippen molar-refractivity contribution in [1.82, 2.24) is 4.90 Å². The lowest BCUT2D eigenvalue weighted by Gasteiger charge is -2.25. The van der Waals surface area contributed by atoms with Gasteiger partial charge >= 0.3 is 0 Å². The Morgan fingerprint density at radius 3 is 2.30 bits per heavy atom. The van der Waals surface area contributed by atoms with Crippen LogP contribution < -0.4 is 0 Å². The summed E-state index contributed by atoms with van der Waals surface area (Å²) >= 11 is 18.0. The van der Waals surface area contributed by atoms with E-state index in [1.165, 1.54) is 35.2 Å². The molecular formula is C25H18Cl3NO4. The highest BCUT2D eigenvalue weighted by atomic mass is 35.5. The minimum absolute atomic E-state index is 0.0228. The lowest BCUT2D eigenvalue weighted by atomic mass is 9.95. The molecule has 0 spiro atoms. The van der Waals surface area contributed by atoms with Crippen LogP contribution in [0.15, 0.2) is 72.3 Å². The number of nitrogens with zero attached hydrogens (tertiary/aromatic N) is 1. The normalized spacial score (nSPS) is 17.5. The van der Waals surface area contributed by atoms with Gasteiger partial charge in [0.15, 0.2) is 0 Å². The molecule has 1 saturated heterocycles. The Bertz CT molecular complexity index is 1270. The van der Waals surface area contributed by atoms with Gasteiger partial charge in [-0.2, -0.15) is 0 Å². The van der Waals surface area contributed by atoms with Gasteiger partial charge in [0.1, 0.15) is 11.5 Å². The monoisotopic (exact) mass is 501 g/mol. The zero-order valence-electron chi connectivity index (χ0n) is 17.1. The van der Waals surface area contributed by atoms with Crippen LogP contribution >= 0.6 is 34.8 Å². The molecule has 1 atom stereocenters. The van der Waals surface area contributed by atoms with Crippen molar-refractivity contribution in [3.8, 4) is 5.75 Å². The van der Waals surface area contributed by atoms with E-state index in [9.17, 15) is 19.8 Å². The van der Waals surface area contributed by atoms with E-state index in [-0.39, 0.29) is 34.2 Å². The van der Waals surface area contributed by atoms with E-state index in [1.54, 1.807) is 24.3 Å². The Morgan fingerprint density at radius 2 is 1.64 bits per heavy atom. The number of hydrogen-bond donors (Lipinski definition) is 2. The second kappa shape index (κ2) is 9.48. The SMILES string of the molecule is O=C1C(=O)N(CCc2ccc(Cl)cc2)C(c2cccc(O)c2)/C1=C(/O)c1ccc(Cl)c(Cl)c1. The summed E-state index contributed by atoms with van der Waals surface area (Å²) in [4.78, 5) is 27.5. The van der Waals surface area contributed by atoms with Crippen molar-refractivity contribution in [3.63, 3.8) is 0 Å². The van der Waals surface area contributed by atoms with E-state index in [0.29, 0.717) is 22.0 Å². The van der Waals surface area contributed by atoms with Crippen LogP contribution in [0.5, 0.6) is 5.75 Å². The van der Waals surface area contributed by atoms with Crippen molar-refractivity contribution >= 4 is 52.3 Å². The van der Waals surface area contributed by atoms with Gasteiger partial charge in [-0.05, 0) is 60.0 Å². The van der Waals surface area contributed by atoms with Gasteiger partial charge in [0.25, 0.3) is 11.7 Å². The minimum atomic E-state index is -0.890. The molecular weight excluding hydrogens is 485 g/mol. The van der Waals surface area contributed by atoms with Crippen LogP contribution in [0.3, 0.4) is 0 Å². The second-order valence-electron chi connectivity index (χ2n) is 7.59. The molecule has 1 aliphatic heterocycles. The molecule has 33 heavy (non-hydrogen) atoms. The van der Waals surface area contributed by atoms with Gasteiger partial charge in [-0.3, -0.25) is 9.59 Å². The number of phenols is 1. The van der Waals surface area contributed by atoms with Crippen LogP contribution in [0, 0.1) is 0 Å². The van der Waals surface area contributed by atoms with Crippen LogP contribution in [-0.2, 0) is 16.0 Å². The van der Waals surface area contributed by atoms with Crippen molar-refractivity contribution in [1.29, 1.82) is 0 Å². The molecule has 5 nitrogen and oxygen atoms in total. The van der Waals surface area contributed by atoms with Crippen molar-refractivity contribution in [2.24, 2.45) is 0 Å². The van der Waals surface area contributed by atoms with Crippen LogP contribution in [0.2, 0.25) is 15.1 Å². The molecule has 0 aromatic heterocycles. The average molecular weight is 503 g/mol. The maximum absolute atomic E-state index is 13.1. The molecule has 0 saturated carbocycles. The van der Waals surface area contributed by atoms with Crippen LogP contribution in [-0.4, -0.2) is 33.3 Å². The number of halogens is 3. The van der Waals surface area contributed by atoms with Crippen molar-refractivity contribution in [3.05, 3.63) is 104 Å². The molecule has 1 aliphatic rings. The third-order valence-electron chi connectivity index (χ3n) is 5.47. The number of Topliss-reactive ketones (excluding diaryl/α,β-unsaturated/α-hetero) is 1. The topological polar surface area (TPSA) is 77.8 Å². The lowest BCUT2D eigenvalue weighted by Crippen LogP contribution is -2.31. The van der Waals surface area contributed by atoms with E-state index in [0.717, 1.165) is 5.56 Å². The second-order valence-corrected chi connectivity index (χ2v) is 8.84. The molecule has 1 unspecified atom stereocenters. The number of benzene rings is 3. The summed E-state index contributed by atoms with van der Waals surface area (Å²) in [6.45, 7) is 0.213. The highest BCUT2D eigenvalue weighted by Crippen LogP contribution is 2.40. The molecule has 1 amide bonds. The number of aromatic hydroxyl groups is 1. The van der Waals surface area contributed by atoms with Crippen LogP contribution in [0.4, 0.5) is 0 Å². The predicted molar refractivity (Wildman–Crippen MR) is 129 cm³/mol. The molecule has 0 radical (unpaired) electrons. The molecule has 4 rings (SSSR count). The first kappa shape index (κ1) is 23.2. The summed E-state index contributed by atoms with van der Waals surface area (Å²) in [5.41, 5.74) is 1.60. The van der Waals surface area contributed by atoms with Gasteiger partial charge in [-0.25, -0.2) is 0 Å². The summed E-state index contributed by atoms with van der Waals surface area (Å²) in [6, 6.07) is 17.0. The van der Waals surface area contributed by atoms with Crippen LogP contribution in [0.1, 0.15) is 22.7 Å². The molecule has 8 heteroatoms. The fourth-order valence-electron chi connectivity index (χ4n) is 3.85. The minimum Gasteiger partial charge on any atom is -0.508 e. The van der Waals surface area contributed by atoms with E-state index in [4.69, 9.17) is 34.8 Å². The molecule has 3 aromatic rings. The summed E-state index contributed by atoms with van der Waals surface area (Å²) in [6.07, 6.45) is 0.465. The molecule has 0 aliphatic carbocycles. The number of aliphatic hydroxyl groups excluding tert-OH is 1. The number of aliphatic hydroxyl groups is 1. The number of hydrogen-bond acceptors (Lipinski definition) is 4. The lowest BCUT2D eigenvalue weighted by molar-refractivity contribution is -0.139. The predicted octanol–water partition coefficient (Wildman–Crippen LogP) is 6.02. The first-order valence-electron chi connectivity index (χ1n) is 10.0. The Labute approximate surface area is 205 Å². The van der Waals surface area contributed by atoms with Gasteiger partial charge < -0.3 is 15.1 Å². The molecule has 2 N–H and O–H groups in total. The first-order valence-corrected chi connectivity index (χ1v) is 11.2. The number of rotatable bonds is 5. The third kappa shape index (κ3) is 4.71. The quantitative estimate of drug-likeness (QED) is 0.254. The Balaban J connectivity index is 1.79. The Morgan fingerprint density at radius 1 is 0.909 bits per heavy atom. The van der Waals surface area contributed by atoms with Crippen molar-refractivity contribution < 1.29 is 19.8 Å². The van der Waals surface area contributed by atoms with Crippen molar-refractivity contribution in [2.45, 2.75) is 12.5 Å².